The van der Waals surface area contributed by atoms with Crippen LogP contribution in [0.5, 0.6) is 0 Å². The molecule has 0 saturated heterocycles. The number of rotatable bonds is 6. The van der Waals surface area contributed by atoms with Gasteiger partial charge in [-0.2, -0.15) is 0 Å². The molecule has 0 heterocycles. The van der Waals surface area contributed by atoms with Gasteiger partial charge in [0.15, 0.2) is 0 Å². The molecule has 0 fully saturated rings. The molecule has 1 unspecified atom stereocenters. The van der Waals surface area contributed by atoms with Crippen molar-refractivity contribution in [2.75, 3.05) is 6.61 Å². The van der Waals surface area contributed by atoms with Gasteiger partial charge in [-0.25, -0.2) is 9.18 Å². The third-order valence-corrected chi connectivity index (χ3v) is 4.96. The van der Waals surface area contributed by atoms with E-state index < -0.39 is 11.4 Å². The minimum Gasteiger partial charge on any atom is -0.462 e. The first-order valence-electron chi connectivity index (χ1n) is 8.71. The van der Waals surface area contributed by atoms with E-state index in [1.54, 1.807) is 13.0 Å². The maximum atomic E-state index is 14.8. The summed E-state index contributed by atoms with van der Waals surface area (Å²) in [6, 6.07) is 5.60. The number of ether oxygens (including phenoxy) is 1. The van der Waals surface area contributed by atoms with Gasteiger partial charge < -0.3 is 9.84 Å². The van der Waals surface area contributed by atoms with E-state index in [2.05, 4.69) is 6.58 Å². The number of benzene rings is 1. The van der Waals surface area contributed by atoms with Crippen LogP contribution in [-0.4, -0.2) is 17.7 Å². The molecule has 1 aliphatic carbocycles. The van der Waals surface area contributed by atoms with Gasteiger partial charge >= 0.3 is 5.97 Å². The van der Waals surface area contributed by atoms with Crippen molar-refractivity contribution in [2.45, 2.75) is 52.1 Å². The van der Waals surface area contributed by atoms with Crippen LogP contribution in [0.4, 0.5) is 4.39 Å². The average Bonchev–Trinajstić information content (AvgIpc) is 2.58. The Hall–Kier alpha value is -1.94. The van der Waals surface area contributed by atoms with Crippen LogP contribution in [-0.2, 0) is 28.0 Å². The van der Waals surface area contributed by atoms with E-state index in [0.29, 0.717) is 12.0 Å². The van der Waals surface area contributed by atoms with Gasteiger partial charge in [-0.05, 0) is 55.4 Å². The van der Waals surface area contributed by atoms with E-state index in [1.165, 1.54) is 0 Å². The predicted molar refractivity (Wildman–Crippen MR) is 96.8 cm³/mol. The average molecular weight is 346 g/mol. The van der Waals surface area contributed by atoms with Gasteiger partial charge in [0.05, 0.1) is 13.2 Å². The van der Waals surface area contributed by atoms with E-state index in [4.69, 9.17) is 4.74 Å². The molecule has 0 spiro atoms. The molecule has 3 nitrogen and oxygen atoms in total. The molecule has 0 bridgehead atoms. The van der Waals surface area contributed by atoms with Gasteiger partial charge in [-0.3, -0.25) is 0 Å². The first-order valence-corrected chi connectivity index (χ1v) is 8.71. The predicted octanol–water partition coefficient (Wildman–Crippen LogP) is 4.38. The molecule has 0 radical (unpaired) electrons. The van der Waals surface area contributed by atoms with Crippen molar-refractivity contribution >= 4 is 5.97 Å². The van der Waals surface area contributed by atoms with Crippen LogP contribution in [0.25, 0.3) is 0 Å². The van der Waals surface area contributed by atoms with Gasteiger partial charge in [0.25, 0.3) is 0 Å². The number of hydrogen-bond donors (Lipinski definition) is 1. The number of halogens is 1. The monoisotopic (exact) mass is 346 g/mol. The molecule has 1 N–H and O–H groups in total. The minimum atomic E-state index is -0.672. The molecule has 2 atom stereocenters. The highest BCUT2D eigenvalue weighted by atomic mass is 19.1. The van der Waals surface area contributed by atoms with Gasteiger partial charge in [0.2, 0.25) is 0 Å². The molecule has 1 aliphatic rings. The summed E-state index contributed by atoms with van der Waals surface area (Å²) in [6.45, 7) is 9.22. The van der Waals surface area contributed by atoms with E-state index >= 15 is 0 Å². The lowest BCUT2D eigenvalue weighted by Crippen LogP contribution is -2.29. The molecule has 1 aromatic carbocycles. The molecule has 0 saturated carbocycles. The maximum Gasteiger partial charge on any atom is 0.333 e. The quantitative estimate of drug-likeness (QED) is 0.614. The third-order valence-electron chi connectivity index (χ3n) is 4.96. The van der Waals surface area contributed by atoms with E-state index in [1.807, 2.05) is 32.0 Å². The lowest BCUT2D eigenvalue weighted by molar-refractivity contribution is -0.138. The topological polar surface area (TPSA) is 46.5 Å². The van der Waals surface area contributed by atoms with Crippen molar-refractivity contribution < 1.29 is 19.0 Å². The number of carbonyl (C=O) groups is 1. The zero-order valence-corrected chi connectivity index (χ0v) is 15.3. The van der Waals surface area contributed by atoms with Gasteiger partial charge in [0.1, 0.15) is 5.83 Å². The van der Waals surface area contributed by atoms with E-state index in [0.717, 1.165) is 29.5 Å². The number of hydrogen-bond acceptors (Lipinski definition) is 3. The smallest absolute Gasteiger partial charge is 0.333 e. The molecule has 1 aromatic rings. The van der Waals surface area contributed by atoms with Gasteiger partial charge in [-0.1, -0.05) is 31.7 Å². The fourth-order valence-electron chi connectivity index (χ4n) is 3.28. The molecule has 25 heavy (non-hydrogen) atoms. The van der Waals surface area contributed by atoms with Crippen LogP contribution in [0.2, 0.25) is 0 Å². The third kappa shape index (κ3) is 4.37. The van der Waals surface area contributed by atoms with E-state index in [9.17, 15) is 14.3 Å². The number of aliphatic hydroxyl groups excluding tert-OH is 1. The standard InChI is InChI=1S/C21H27FO3/c1-14(2)20(24)25-10-8-17-12-16(13-23)5-6-18(17)21(4)9-7-15(3)11-19(21)22/h5-6,11-12,15,23H,1,7-10,13H2,2-4H3/t15?,21-/m1/s1. The number of allylic oxidation sites excluding steroid dienone is 2. The Kier molecular flexibility index (Phi) is 6.17. The lowest BCUT2D eigenvalue weighted by Gasteiger charge is -2.35. The van der Waals surface area contributed by atoms with Crippen molar-refractivity contribution in [3.8, 4) is 0 Å². The van der Waals surface area contributed by atoms with Crippen LogP contribution in [0, 0.1) is 5.92 Å². The maximum absolute atomic E-state index is 14.8. The fourth-order valence-corrected chi connectivity index (χ4v) is 3.28. The highest BCUT2D eigenvalue weighted by molar-refractivity contribution is 5.86. The Morgan fingerprint density at radius 3 is 2.80 bits per heavy atom. The minimum absolute atomic E-state index is 0.0785. The first-order chi connectivity index (χ1) is 11.8. The summed E-state index contributed by atoms with van der Waals surface area (Å²) in [4.78, 5) is 11.6. The number of carbonyl (C=O) groups excluding carboxylic acids is 1. The molecule has 4 heteroatoms. The van der Waals surface area contributed by atoms with Crippen LogP contribution in [0.1, 0.15) is 50.3 Å². The molecule has 0 aromatic heterocycles. The second-order valence-electron chi connectivity index (χ2n) is 7.18. The van der Waals surface area contributed by atoms with Gasteiger partial charge in [-0.15, -0.1) is 0 Å². The van der Waals surface area contributed by atoms with Crippen molar-refractivity contribution in [3.05, 3.63) is 58.9 Å². The normalized spacial score (nSPS) is 23.1. The van der Waals surface area contributed by atoms with Crippen LogP contribution >= 0.6 is 0 Å². The summed E-state index contributed by atoms with van der Waals surface area (Å²) >= 11 is 0. The Bertz CT molecular complexity index is 692. The largest absolute Gasteiger partial charge is 0.462 e. The number of esters is 1. The zero-order valence-electron chi connectivity index (χ0n) is 15.3. The van der Waals surface area contributed by atoms with Crippen LogP contribution in [0.15, 0.2) is 42.3 Å². The number of aliphatic hydroxyl groups is 1. The molecule has 2 rings (SSSR count). The Morgan fingerprint density at radius 1 is 1.48 bits per heavy atom. The fraction of sp³-hybridized carbons (Fsp3) is 0.476. The second-order valence-corrected chi connectivity index (χ2v) is 7.18. The summed E-state index contributed by atoms with van der Waals surface area (Å²) in [7, 11) is 0. The van der Waals surface area contributed by atoms with Crippen LogP contribution in [0.3, 0.4) is 0 Å². The lowest BCUT2D eigenvalue weighted by atomic mass is 9.70. The van der Waals surface area contributed by atoms with Crippen molar-refractivity contribution in [2.24, 2.45) is 5.92 Å². The van der Waals surface area contributed by atoms with Crippen molar-refractivity contribution in [3.63, 3.8) is 0 Å². The summed E-state index contributed by atoms with van der Waals surface area (Å²) in [5.74, 6) is -0.295. The molecule has 136 valence electrons. The van der Waals surface area contributed by atoms with Gasteiger partial charge in [0, 0.05) is 17.4 Å². The highest BCUT2D eigenvalue weighted by Gasteiger charge is 2.36. The van der Waals surface area contributed by atoms with E-state index in [-0.39, 0.29) is 25.0 Å². The molecule has 0 aliphatic heterocycles. The molecular weight excluding hydrogens is 319 g/mol. The molecular formula is C21H27FO3. The summed E-state index contributed by atoms with van der Waals surface area (Å²) in [5.41, 5.74) is 2.25. The Labute approximate surface area is 149 Å². The first kappa shape index (κ1) is 19.4. The van der Waals surface area contributed by atoms with Crippen LogP contribution < -0.4 is 0 Å². The SMILES string of the molecule is C=C(C)C(=O)OCCc1cc(CO)ccc1[C@@]1(C)CCC(C)C=C1F. The highest BCUT2D eigenvalue weighted by Crippen LogP contribution is 2.44. The molecule has 0 amide bonds. The van der Waals surface area contributed by atoms with Crippen molar-refractivity contribution in [1.82, 2.24) is 0 Å². The second kappa shape index (κ2) is 7.96. The van der Waals surface area contributed by atoms with Crippen molar-refractivity contribution in [1.29, 1.82) is 0 Å². The Balaban J connectivity index is 2.30. The zero-order chi connectivity index (χ0) is 18.6. The summed E-state index contributed by atoms with van der Waals surface area (Å²) in [6.07, 6.45) is 3.83. The summed E-state index contributed by atoms with van der Waals surface area (Å²) in [5, 5.41) is 9.42. The Morgan fingerprint density at radius 2 is 2.20 bits per heavy atom. The summed E-state index contributed by atoms with van der Waals surface area (Å²) < 4.78 is 20.0.